The SMILES string of the molecule is CC(C)(CO)C(O)CNCCCC(=O)NCCSS(=O)(=O)O. The van der Waals surface area contributed by atoms with E-state index in [1.54, 1.807) is 13.8 Å². The van der Waals surface area contributed by atoms with Crippen molar-refractivity contribution in [1.29, 1.82) is 0 Å². The van der Waals surface area contributed by atoms with Crippen LogP contribution in [0, 0.1) is 5.41 Å². The van der Waals surface area contributed by atoms with Gasteiger partial charge in [-0.15, -0.1) is 0 Å². The number of amides is 1. The standard InChI is InChI=1S/C12H26N2O6S2/c1-12(2,9-15)10(16)8-13-5-3-4-11(17)14-6-7-21-22(18,19)20/h10,13,15-16H,3-9H2,1-2H3,(H,14,17)(H,18,19,20). The summed E-state index contributed by atoms with van der Waals surface area (Å²) in [6, 6.07) is 0. The van der Waals surface area contributed by atoms with Crippen LogP contribution in [0.5, 0.6) is 0 Å². The predicted octanol–water partition coefficient (Wildman–Crippen LogP) is -0.612. The number of aliphatic hydroxyl groups is 2. The molecule has 22 heavy (non-hydrogen) atoms. The number of hydrogen-bond acceptors (Lipinski definition) is 7. The average Bonchev–Trinajstić information content (AvgIpc) is 2.42. The Morgan fingerprint density at radius 3 is 2.50 bits per heavy atom. The van der Waals surface area contributed by atoms with E-state index in [0.717, 1.165) is 0 Å². The summed E-state index contributed by atoms with van der Waals surface area (Å²) >= 11 is 0. The van der Waals surface area contributed by atoms with Crippen molar-refractivity contribution in [3.05, 3.63) is 0 Å². The van der Waals surface area contributed by atoms with Gasteiger partial charge in [-0.05, 0) is 23.8 Å². The van der Waals surface area contributed by atoms with E-state index < -0.39 is 20.7 Å². The molecular weight excluding hydrogens is 332 g/mol. The lowest BCUT2D eigenvalue weighted by molar-refractivity contribution is -0.121. The Kier molecular flexibility index (Phi) is 10.2. The summed E-state index contributed by atoms with van der Waals surface area (Å²) in [6.07, 6.45) is 0.177. The molecule has 1 amide bonds. The minimum Gasteiger partial charge on any atom is -0.396 e. The monoisotopic (exact) mass is 358 g/mol. The van der Waals surface area contributed by atoms with Crippen LogP contribution in [0.3, 0.4) is 0 Å². The van der Waals surface area contributed by atoms with Gasteiger partial charge < -0.3 is 20.8 Å². The molecule has 0 rings (SSSR count). The van der Waals surface area contributed by atoms with Gasteiger partial charge in [-0.3, -0.25) is 9.35 Å². The fourth-order valence-electron chi connectivity index (χ4n) is 1.42. The van der Waals surface area contributed by atoms with Gasteiger partial charge in [0.15, 0.2) is 0 Å². The van der Waals surface area contributed by atoms with Crippen LogP contribution in [-0.2, 0) is 13.9 Å². The molecule has 0 aromatic rings. The van der Waals surface area contributed by atoms with E-state index in [0.29, 0.717) is 30.3 Å². The molecule has 1 atom stereocenters. The Morgan fingerprint density at radius 2 is 1.95 bits per heavy atom. The fraction of sp³-hybridized carbons (Fsp3) is 0.917. The molecule has 0 aromatic carbocycles. The van der Waals surface area contributed by atoms with Crippen LogP contribution in [-0.4, -0.2) is 67.2 Å². The Morgan fingerprint density at radius 1 is 1.32 bits per heavy atom. The van der Waals surface area contributed by atoms with Gasteiger partial charge in [0.25, 0.3) is 0 Å². The molecule has 0 aliphatic rings. The Balaban J connectivity index is 3.61. The van der Waals surface area contributed by atoms with Crippen LogP contribution in [0.2, 0.25) is 0 Å². The topological polar surface area (TPSA) is 136 Å². The van der Waals surface area contributed by atoms with E-state index in [4.69, 9.17) is 9.66 Å². The normalized spacial score (nSPS) is 13.9. The molecule has 5 N–H and O–H groups in total. The summed E-state index contributed by atoms with van der Waals surface area (Å²) in [5, 5.41) is 24.5. The van der Waals surface area contributed by atoms with Crippen molar-refractivity contribution in [2.45, 2.75) is 32.8 Å². The molecule has 0 spiro atoms. The maximum absolute atomic E-state index is 11.4. The molecule has 10 heteroatoms. The minimum absolute atomic E-state index is 0.0885. The van der Waals surface area contributed by atoms with Crippen LogP contribution in [0.4, 0.5) is 0 Å². The highest BCUT2D eigenvalue weighted by Gasteiger charge is 2.26. The van der Waals surface area contributed by atoms with Gasteiger partial charge in [0, 0.05) is 30.7 Å². The van der Waals surface area contributed by atoms with Crippen molar-refractivity contribution in [2.24, 2.45) is 5.41 Å². The summed E-state index contributed by atoms with van der Waals surface area (Å²) in [5.74, 6) is -0.111. The lowest BCUT2D eigenvalue weighted by atomic mass is 9.87. The van der Waals surface area contributed by atoms with Crippen molar-refractivity contribution in [1.82, 2.24) is 10.6 Å². The second-order valence-corrected chi connectivity index (χ2v) is 9.04. The molecule has 132 valence electrons. The summed E-state index contributed by atoms with van der Waals surface area (Å²) in [6.45, 7) is 4.46. The number of carbonyl (C=O) groups excluding carboxylic acids is 1. The van der Waals surface area contributed by atoms with E-state index in [9.17, 15) is 18.3 Å². The third-order valence-corrected chi connectivity index (χ3v) is 5.12. The number of aliphatic hydroxyl groups excluding tert-OH is 2. The number of hydrogen-bond donors (Lipinski definition) is 5. The maximum atomic E-state index is 11.4. The first-order valence-corrected chi connectivity index (χ1v) is 9.91. The van der Waals surface area contributed by atoms with Crippen molar-refractivity contribution < 1.29 is 28.0 Å². The molecule has 0 saturated carbocycles. The highest BCUT2D eigenvalue weighted by Crippen LogP contribution is 2.18. The van der Waals surface area contributed by atoms with Crippen molar-refractivity contribution in [3.8, 4) is 0 Å². The number of nitrogens with one attached hydrogen (secondary N) is 2. The van der Waals surface area contributed by atoms with Crippen LogP contribution < -0.4 is 10.6 Å². The Hall–Kier alpha value is -0.390. The van der Waals surface area contributed by atoms with E-state index in [1.165, 1.54) is 0 Å². The minimum atomic E-state index is -4.06. The molecule has 0 heterocycles. The maximum Gasteiger partial charge on any atom is 0.319 e. The van der Waals surface area contributed by atoms with Crippen LogP contribution in [0.25, 0.3) is 0 Å². The fourth-order valence-corrected chi connectivity index (χ4v) is 2.70. The van der Waals surface area contributed by atoms with Crippen molar-refractivity contribution in [3.63, 3.8) is 0 Å². The average molecular weight is 358 g/mol. The summed E-state index contributed by atoms with van der Waals surface area (Å²) in [5.41, 5.74) is -0.574. The zero-order valence-electron chi connectivity index (χ0n) is 12.9. The van der Waals surface area contributed by atoms with Gasteiger partial charge in [-0.2, -0.15) is 8.42 Å². The molecule has 0 aliphatic carbocycles. The van der Waals surface area contributed by atoms with E-state index in [2.05, 4.69) is 10.6 Å². The summed E-state index contributed by atoms with van der Waals surface area (Å²) in [7, 11) is -3.69. The summed E-state index contributed by atoms with van der Waals surface area (Å²) in [4.78, 5) is 11.4. The predicted molar refractivity (Wildman–Crippen MR) is 86.0 cm³/mol. The first-order chi connectivity index (χ1) is 10.1. The smallest absolute Gasteiger partial charge is 0.319 e. The van der Waals surface area contributed by atoms with Gasteiger partial charge in [-0.25, -0.2) is 0 Å². The largest absolute Gasteiger partial charge is 0.396 e. The Bertz CT molecular complexity index is 427. The van der Waals surface area contributed by atoms with Gasteiger partial charge >= 0.3 is 9.15 Å². The molecule has 8 nitrogen and oxygen atoms in total. The Labute approximate surface area is 135 Å². The van der Waals surface area contributed by atoms with Crippen molar-refractivity contribution in [2.75, 3.05) is 32.0 Å². The molecule has 0 fully saturated rings. The molecule has 0 aliphatic heterocycles. The summed E-state index contributed by atoms with van der Waals surface area (Å²) < 4.78 is 29.3. The zero-order valence-corrected chi connectivity index (χ0v) is 14.5. The number of carbonyl (C=O) groups is 1. The van der Waals surface area contributed by atoms with Gasteiger partial charge in [0.05, 0.1) is 12.7 Å². The lowest BCUT2D eigenvalue weighted by Crippen LogP contribution is -2.41. The molecule has 0 radical (unpaired) electrons. The first-order valence-electron chi connectivity index (χ1n) is 6.96. The van der Waals surface area contributed by atoms with Gasteiger partial charge in [0.2, 0.25) is 5.91 Å². The zero-order chi connectivity index (χ0) is 17.2. The van der Waals surface area contributed by atoms with Gasteiger partial charge in [-0.1, -0.05) is 13.8 Å². The van der Waals surface area contributed by atoms with Gasteiger partial charge in [0.1, 0.15) is 0 Å². The molecule has 0 aromatic heterocycles. The molecule has 0 saturated heterocycles. The van der Waals surface area contributed by atoms with Crippen LogP contribution in [0.1, 0.15) is 26.7 Å². The van der Waals surface area contributed by atoms with Crippen LogP contribution >= 0.6 is 10.8 Å². The highest BCUT2D eigenvalue weighted by molar-refractivity contribution is 8.69. The first kappa shape index (κ1) is 21.6. The second-order valence-electron chi connectivity index (χ2n) is 5.57. The third-order valence-electron chi connectivity index (χ3n) is 3.06. The quantitative estimate of drug-likeness (QED) is 0.177. The molecule has 1 unspecified atom stereocenters. The molecular formula is C12H26N2O6S2. The second kappa shape index (κ2) is 10.4. The van der Waals surface area contributed by atoms with E-state index in [-0.39, 0.29) is 31.2 Å². The lowest BCUT2D eigenvalue weighted by Gasteiger charge is -2.28. The van der Waals surface area contributed by atoms with E-state index >= 15 is 0 Å². The number of rotatable bonds is 12. The van der Waals surface area contributed by atoms with Crippen molar-refractivity contribution >= 4 is 25.9 Å². The molecule has 0 bridgehead atoms. The van der Waals surface area contributed by atoms with E-state index in [1.807, 2.05) is 0 Å². The third kappa shape index (κ3) is 11.2. The highest BCUT2D eigenvalue weighted by atomic mass is 33.1. The van der Waals surface area contributed by atoms with Crippen LogP contribution in [0.15, 0.2) is 0 Å².